The molecule has 1 rings (SSSR count). The third-order valence-electron chi connectivity index (χ3n) is 2.86. The van der Waals surface area contributed by atoms with Gasteiger partial charge in [-0.3, -0.25) is 4.79 Å². The van der Waals surface area contributed by atoms with E-state index in [2.05, 4.69) is 4.74 Å². The van der Waals surface area contributed by atoms with E-state index in [1.807, 2.05) is 0 Å². The predicted molar refractivity (Wildman–Crippen MR) is 53.4 cm³/mol. The summed E-state index contributed by atoms with van der Waals surface area (Å²) in [4.78, 5) is 22.4. The summed E-state index contributed by atoms with van der Waals surface area (Å²) in [6.45, 7) is 3.61. The Bertz CT molecular complexity index is 297. The second-order valence-corrected chi connectivity index (χ2v) is 4.75. The lowest BCUT2D eigenvalue weighted by molar-refractivity contribution is -0.338. The van der Waals surface area contributed by atoms with Gasteiger partial charge in [-0.1, -0.05) is 0 Å². The standard InChI is InChI=1S/C11H18O5/c1-10(2)5-4-6-11(16-10,9(13)14)7-8(12)15-3/h4-7H2,1-3H3,(H,13,14)/p-1/t11-/m1/s1. The number of aliphatic carboxylic acids is 1. The number of carbonyl (C=O) groups is 2. The van der Waals surface area contributed by atoms with Crippen molar-refractivity contribution in [2.24, 2.45) is 0 Å². The Morgan fingerprint density at radius 2 is 2.00 bits per heavy atom. The molecule has 16 heavy (non-hydrogen) atoms. The lowest BCUT2D eigenvalue weighted by atomic mass is 9.84. The van der Waals surface area contributed by atoms with Gasteiger partial charge in [0.1, 0.15) is 5.60 Å². The first-order valence-electron chi connectivity index (χ1n) is 5.30. The van der Waals surface area contributed by atoms with E-state index in [0.29, 0.717) is 6.42 Å². The zero-order chi connectivity index (χ0) is 12.4. The molecule has 92 valence electrons. The molecule has 0 unspecified atom stereocenters. The van der Waals surface area contributed by atoms with Crippen molar-refractivity contribution >= 4 is 11.9 Å². The van der Waals surface area contributed by atoms with E-state index >= 15 is 0 Å². The fourth-order valence-corrected chi connectivity index (χ4v) is 2.08. The molecule has 1 atom stereocenters. The molecule has 1 saturated heterocycles. The molecule has 5 heteroatoms. The summed E-state index contributed by atoms with van der Waals surface area (Å²) in [5.74, 6) is -1.94. The lowest BCUT2D eigenvalue weighted by Crippen LogP contribution is -2.57. The van der Waals surface area contributed by atoms with Crippen LogP contribution in [0.1, 0.15) is 39.5 Å². The van der Waals surface area contributed by atoms with E-state index in [4.69, 9.17) is 4.74 Å². The Kier molecular flexibility index (Phi) is 3.57. The van der Waals surface area contributed by atoms with Gasteiger partial charge in [0.2, 0.25) is 0 Å². The second-order valence-electron chi connectivity index (χ2n) is 4.75. The van der Waals surface area contributed by atoms with E-state index in [9.17, 15) is 14.7 Å². The molecule has 0 aliphatic carbocycles. The van der Waals surface area contributed by atoms with Crippen molar-refractivity contribution in [1.29, 1.82) is 0 Å². The maximum absolute atomic E-state index is 11.2. The monoisotopic (exact) mass is 229 g/mol. The van der Waals surface area contributed by atoms with Crippen molar-refractivity contribution in [3.05, 3.63) is 0 Å². The first-order chi connectivity index (χ1) is 7.31. The van der Waals surface area contributed by atoms with Gasteiger partial charge in [0, 0.05) is 0 Å². The molecule has 0 aromatic carbocycles. The number of hydrogen-bond acceptors (Lipinski definition) is 5. The molecule has 0 bridgehead atoms. The lowest BCUT2D eigenvalue weighted by Gasteiger charge is -2.45. The number of carboxylic acids is 1. The highest BCUT2D eigenvalue weighted by atomic mass is 16.6. The van der Waals surface area contributed by atoms with E-state index in [-0.39, 0.29) is 12.8 Å². The molecule has 0 aromatic rings. The molecule has 5 nitrogen and oxygen atoms in total. The molecular formula is C11H17O5-. The summed E-state index contributed by atoms with van der Waals surface area (Å²) in [5.41, 5.74) is -2.08. The number of rotatable bonds is 3. The van der Waals surface area contributed by atoms with E-state index in [1.165, 1.54) is 7.11 Å². The van der Waals surface area contributed by atoms with Crippen LogP contribution in [0.15, 0.2) is 0 Å². The molecule has 1 aliphatic heterocycles. The predicted octanol–water partition coefficient (Wildman–Crippen LogP) is 0.0173. The van der Waals surface area contributed by atoms with Gasteiger partial charge < -0.3 is 19.4 Å². The average Bonchev–Trinajstić information content (AvgIpc) is 2.15. The van der Waals surface area contributed by atoms with Crippen molar-refractivity contribution in [3.63, 3.8) is 0 Å². The van der Waals surface area contributed by atoms with Gasteiger partial charge in [-0.15, -0.1) is 0 Å². The van der Waals surface area contributed by atoms with E-state index in [0.717, 1.165) is 6.42 Å². The third-order valence-corrected chi connectivity index (χ3v) is 2.86. The van der Waals surface area contributed by atoms with Gasteiger partial charge in [0.15, 0.2) is 0 Å². The molecule has 1 aliphatic rings. The molecule has 0 N–H and O–H groups in total. The average molecular weight is 229 g/mol. The fraction of sp³-hybridized carbons (Fsp3) is 0.818. The zero-order valence-electron chi connectivity index (χ0n) is 9.87. The van der Waals surface area contributed by atoms with Gasteiger partial charge in [-0.2, -0.15) is 0 Å². The van der Waals surface area contributed by atoms with Gasteiger partial charge in [0.25, 0.3) is 0 Å². The van der Waals surface area contributed by atoms with Crippen LogP contribution in [0.2, 0.25) is 0 Å². The van der Waals surface area contributed by atoms with Crippen LogP contribution >= 0.6 is 0 Å². The SMILES string of the molecule is COC(=O)C[C@@]1(C(=O)[O-])CCCC(C)(C)O1. The van der Waals surface area contributed by atoms with Gasteiger partial charge in [-0.25, -0.2) is 0 Å². The largest absolute Gasteiger partial charge is 0.547 e. The summed E-state index contributed by atoms with van der Waals surface area (Å²) >= 11 is 0. The highest BCUT2D eigenvalue weighted by Gasteiger charge is 2.44. The van der Waals surface area contributed by atoms with Crippen LogP contribution in [0.4, 0.5) is 0 Å². The number of methoxy groups -OCH3 is 1. The maximum Gasteiger partial charge on any atom is 0.308 e. The number of carbonyl (C=O) groups excluding carboxylic acids is 2. The topological polar surface area (TPSA) is 75.7 Å². The molecular weight excluding hydrogens is 212 g/mol. The summed E-state index contributed by atoms with van der Waals surface area (Å²) in [7, 11) is 1.22. The molecule has 0 spiro atoms. The molecule has 0 saturated carbocycles. The Labute approximate surface area is 94.7 Å². The molecule has 0 aromatic heterocycles. The van der Waals surface area contributed by atoms with Crippen LogP contribution in [0.25, 0.3) is 0 Å². The van der Waals surface area contributed by atoms with Crippen molar-refractivity contribution in [2.45, 2.75) is 50.7 Å². The Hall–Kier alpha value is -1.10. The van der Waals surface area contributed by atoms with E-state index < -0.39 is 23.1 Å². The number of esters is 1. The molecule has 0 amide bonds. The van der Waals surface area contributed by atoms with Gasteiger partial charge in [-0.05, 0) is 33.1 Å². The normalized spacial score (nSPS) is 28.4. The van der Waals surface area contributed by atoms with Crippen molar-refractivity contribution in [3.8, 4) is 0 Å². The Balaban J connectivity index is 2.88. The van der Waals surface area contributed by atoms with Crippen molar-refractivity contribution in [2.75, 3.05) is 7.11 Å². The van der Waals surface area contributed by atoms with Crippen LogP contribution in [0.5, 0.6) is 0 Å². The van der Waals surface area contributed by atoms with Crippen molar-refractivity contribution in [1.82, 2.24) is 0 Å². The van der Waals surface area contributed by atoms with Gasteiger partial charge >= 0.3 is 5.97 Å². The van der Waals surface area contributed by atoms with Crippen LogP contribution < -0.4 is 5.11 Å². The summed E-state index contributed by atoms with van der Waals surface area (Å²) in [5, 5.41) is 11.2. The highest BCUT2D eigenvalue weighted by Crippen LogP contribution is 2.37. The molecule has 1 heterocycles. The second kappa shape index (κ2) is 4.41. The number of carboxylic acid groups (broad SMARTS) is 1. The summed E-state index contributed by atoms with van der Waals surface area (Å²) in [6, 6.07) is 0. The summed E-state index contributed by atoms with van der Waals surface area (Å²) < 4.78 is 10.0. The first-order valence-corrected chi connectivity index (χ1v) is 5.30. The summed E-state index contributed by atoms with van der Waals surface area (Å²) in [6.07, 6.45) is 1.45. The maximum atomic E-state index is 11.2. The van der Waals surface area contributed by atoms with Crippen molar-refractivity contribution < 1.29 is 24.2 Å². The van der Waals surface area contributed by atoms with Gasteiger partial charge in [0.05, 0.1) is 25.1 Å². The van der Waals surface area contributed by atoms with Crippen LogP contribution in [-0.4, -0.2) is 30.3 Å². The molecule has 1 fully saturated rings. The van der Waals surface area contributed by atoms with Crippen LogP contribution in [0.3, 0.4) is 0 Å². The Morgan fingerprint density at radius 1 is 1.38 bits per heavy atom. The minimum Gasteiger partial charge on any atom is -0.547 e. The minimum absolute atomic E-state index is 0.286. The minimum atomic E-state index is -1.53. The third kappa shape index (κ3) is 2.72. The Morgan fingerprint density at radius 3 is 2.44 bits per heavy atom. The highest BCUT2D eigenvalue weighted by molar-refractivity contribution is 5.83. The first kappa shape index (κ1) is 13.0. The zero-order valence-corrected chi connectivity index (χ0v) is 9.87. The number of ether oxygens (including phenoxy) is 2. The number of hydrogen-bond donors (Lipinski definition) is 0. The quantitative estimate of drug-likeness (QED) is 0.637. The fourth-order valence-electron chi connectivity index (χ4n) is 2.08. The van der Waals surface area contributed by atoms with Crippen LogP contribution in [-0.2, 0) is 19.1 Å². The van der Waals surface area contributed by atoms with Crippen LogP contribution in [0, 0.1) is 0 Å². The molecule has 0 radical (unpaired) electrons. The smallest absolute Gasteiger partial charge is 0.308 e. The van der Waals surface area contributed by atoms with E-state index in [1.54, 1.807) is 13.8 Å².